The van der Waals surface area contributed by atoms with E-state index in [0.717, 1.165) is 19.3 Å². The van der Waals surface area contributed by atoms with Gasteiger partial charge in [0.15, 0.2) is 0 Å². The van der Waals surface area contributed by atoms with Gasteiger partial charge in [-0.3, -0.25) is 9.59 Å². The Bertz CT molecular complexity index is 598. The van der Waals surface area contributed by atoms with Gasteiger partial charge < -0.3 is 4.74 Å². The van der Waals surface area contributed by atoms with Gasteiger partial charge in [-0.2, -0.15) is 4.39 Å². The number of allylic oxidation sites excluding steroid dienone is 1. The minimum absolute atomic E-state index is 0.0816. The molecule has 84 valence electrons. The number of methoxy groups -OCH3 is 1. The smallest absolute Gasteiger partial charge is 0.366 e. The van der Waals surface area contributed by atoms with Crippen molar-refractivity contribution in [1.29, 1.82) is 0 Å². The highest BCUT2D eigenvalue weighted by molar-refractivity contribution is 5.87. The topological polar surface area (TPSA) is 60.4 Å². The van der Waals surface area contributed by atoms with Crippen LogP contribution in [0.1, 0.15) is 6.92 Å². The number of carbonyl (C=O) groups excluding carboxylic acids is 1. The highest BCUT2D eigenvalue weighted by Crippen LogP contribution is 1.97. The average Bonchev–Trinajstić information content (AvgIpc) is 2.28. The molecule has 4 nitrogen and oxygen atoms in total. The number of esters is 1. The molecule has 0 aliphatic rings. The number of carbonyl (C=O) groups is 1. The molecule has 0 atom stereocenters. The van der Waals surface area contributed by atoms with Crippen molar-refractivity contribution in [3.05, 3.63) is 42.8 Å². The number of rotatable bonds is 2. The Balaban J connectivity index is 3.19. The van der Waals surface area contributed by atoms with E-state index in [9.17, 15) is 18.8 Å². The van der Waals surface area contributed by atoms with E-state index < -0.39 is 22.7 Å². The molecular weight excluding hydrogens is 215 g/mol. The van der Waals surface area contributed by atoms with Crippen LogP contribution in [-0.2, 0) is 9.53 Å². The van der Waals surface area contributed by atoms with Crippen LogP contribution in [0.15, 0.2) is 21.5 Å². The molecule has 5 heteroatoms. The Kier molecular flexibility index (Phi) is 3.50. The number of ether oxygens (including phenoxy) is 1. The average molecular weight is 224 g/mol. The molecule has 16 heavy (non-hydrogen) atoms. The molecule has 0 N–H and O–H groups in total. The summed E-state index contributed by atoms with van der Waals surface area (Å²) < 4.78 is 17.0. The van der Waals surface area contributed by atoms with Crippen LogP contribution in [0.3, 0.4) is 0 Å². The maximum Gasteiger partial charge on any atom is 0.366 e. The van der Waals surface area contributed by atoms with Crippen molar-refractivity contribution in [3.8, 4) is 0 Å². The molecule has 0 fully saturated rings. The molecule has 0 saturated heterocycles. The zero-order valence-electron chi connectivity index (χ0n) is 8.74. The Morgan fingerprint density at radius 3 is 2.25 bits per heavy atom. The fourth-order valence-electron chi connectivity index (χ4n) is 1.17. The van der Waals surface area contributed by atoms with Crippen molar-refractivity contribution in [2.45, 2.75) is 6.92 Å². The van der Waals surface area contributed by atoms with Gasteiger partial charge in [0.25, 0.3) is 0 Å². The first-order valence-electron chi connectivity index (χ1n) is 4.44. The predicted molar refractivity (Wildman–Crippen MR) is 56.4 cm³/mol. The quantitative estimate of drug-likeness (QED) is 0.472. The molecule has 0 radical (unpaired) electrons. The second-order valence-electron chi connectivity index (χ2n) is 2.95. The van der Waals surface area contributed by atoms with E-state index in [1.807, 2.05) is 0 Å². The van der Waals surface area contributed by atoms with Gasteiger partial charge in [0.2, 0.25) is 16.7 Å². The Morgan fingerprint density at radius 1 is 1.25 bits per heavy atom. The molecule has 0 heterocycles. The van der Waals surface area contributed by atoms with Crippen LogP contribution in [0.25, 0.3) is 12.2 Å². The monoisotopic (exact) mass is 224 g/mol. The van der Waals surface area contributed by atoms with Crippen LogP contribution in [0, 0.1) is 0 Å². The summed E-state index contributed by atoms with van der Waals surface area (Å²) in [4.78, 5) is 33.1. The molecule has 0 unspecified atom stereocenters. The van der Waals surface area contributed by atoms with Crippen molar-refractivity contribution in [3.63, 3.8) is 0 Å². The fraction of sp³-hybridized carbons (Fsp3) is 0.182. The van der Waals surface area contributed by atoms with Gasteiger partial charge in [-0.15, -0.1) is 0 Å². The van der Waals surface area contributed by atoms with Crippen molar-refractivity contribution >= 4 is 18.1 Å². The second kappa shape index (κ2) is 4.65. The lowest BCUT2D eigenvalue weighted by Crippen LogP contribution is -2.64. The lowest BCUT2D eigenvalue weighted by atomic mass is 10.1. The molecule has 0 aromatic heterocycles. The first-order chi connectivity index (χ1) is 7.52. The summed E-state index contributed by atoms with van der Waals surface area (Å²) in [6.07, 6.45) is 3.11. The molecule has 0 amide bonds. The third-order valence-electron chi connectivity index (χ3n) is 2.04. The summed E-state index contributed by atoms with van der Waals surface area (Å²) in [5.74, 6) is -2.31. The summed E-state index contributed by atoms with van der Waals surface area (Å²) in [6.45, 7) is 1.56. The molecule has 0 bridgehead atoms. The standard InChI is InChI=1S/C11H9FO4/c1-3-6-9(13)7(10(6)14)4-5-8(12)11(15)16-2/h3-5H,1-2H3. The predicted octanol–water partition coefficient (Wildman–Crippen LogP) is -1.11. The van der Waals surface area contributed by atoms with Crippen molar-refractivity contribution in [2.24, 2.45) is 0 Å². The van der Waals surface area contributed by atoms with E-state index in [2.05, 4.69) is 4.74 Å². The van der Waals surface area contributed by atoms with Gasteiger partial charge in [0.05, 0.1) is 17.5 Å². The first-order valence-corrected chi connectivity index (χ1v) is 4.44. The summed E-state index contributed by atoms with van der Waals surface area (Å²) in [5, 5.41) is -0.0507. The van der Waals surface area contributed by atoms with Crippen LogP contribution in [0.2, 0.25) is 0 Å². The largest absolute Gasteiger partial charge is 0.464 e. The van der Waals surface area contributed by atoms with Crippen LogP contribution in [-0.4, -0.2) is 13.1 Å². The fourth-order valence-corrected chi connectivity index (χ4v) is 1.17. The summed E-state index contributed by atoms with van der Waals surface area (Å²) in [5.41, 5.74) is -0.886. The van der Waals surface area contributed by atoms with Crippen LogP contribution < -0.4 is 21.3 Å². The van der Waals surface area contributed by atoms with E-state index in [4.69, 9.17) is 0 Å². The lowest BCUT2D eigenvalue weighted by Gasteiger charge is -1.92. The minimum atomic E-state index is -1.16. The second-order valence-corrected chi connectivity index (χ2v) is 2.95. The van der Waals surface area contributed by atoms with Gasteiger partial charge >= 0.3 is 5.97 Å². The zero-order chi connectivity index (χ0) is 12.3. The zero-order valence-corrected chi connectivity index (χ0v) is 8.74. The number of hydrogen-bond donors (Lipinski definition) is 0. The van der Waals surface area contributed by atoms with E-state index >= 15 is 0 Å². The first kappa shape index (κ1) is 12.0. The van der Waals surface area contributed by atoms with Gasteiger partial charge in [0, 0.05) is 0 Å². The normalized spacial score (nSPS) is 11.3. The SMILES string of the molecule is CC=c1c(=O)c(=CC=C(F)C(=O)OC)c1=O. The third kappa shape index (κ3) is 1.98. The maximum absolute atomic E-state index is 12.9. The summed E-state index contributed by atoms with van der Waals surface area (Å²) >= 11 is 0. The minimum Gasteiger partial charge on any atom is -0.464 e. The molecule has 1 rings (SSSR count). The van der Waals surface area contributed by atoms with Crippen molar-refractivity contribution in [2.75, 3.05) is 7.11 Å². The van der Waals surface area contributed by atoms with Gasteiger partial charge in [0.1, 0.15) is 0 Å². The Morgan fingerprint density at radius 2 is 1.81 bits per heavy atom. The molecule has 0 aliphatic carbocycles. The third-order valence-corrected chi connectivity index (χ3v) is 2.04. The number of halogens is 1. The molecule has 0 saturated carbocycles. The van der Waals surface area contributed by atoms with Crippen molar-refractivity contribution in [1.82, 2.24) is 0 Å². The maximum atomic E-state index is 12.9. The Hall–Kier alpha value is -2.04. The van der Waals surface area contributed by atoms with Gasteiger partial charge in [-0.05, 0) is 19.1 Å². The molecular formula is C11H9FO4. The van der Waals surface area contributed by atoms with Crippen LogP contribution in [0.5, 0.6) is 0 Å². The number of hydrogen-bond acceptors (Lipinski definition) is 4. The van der Waals surface area contributed by atoms with Crippen molar-refractivity contribution < 1.29 is 13.9 Å². The Labute approximate surface area is 89.7 Å². The summed E-state index contributed by atoms with van der Waals surface area (Å²) in [7, 11) is 1.03. The molecule has 1 aromatic rings. The molecule has 0 aliphatic heterocycles. The van der Waals surface area contributed by atoms with Gasteiger partial charge in [-0.25, -0.2) is 4.79 Å². The van der Waals surface area contributed by atoms with E-state index in [1.54, 1.807) is 6.92 Å². The van der Waals surface area contributed by atoms with Gasteiger partial charge in [-0.1, -0.05) is 6.08 Å². The summed E-state index contributed by atoms with van der Waals surface area (Å²) in [6, 6.07) is 0. The van der Waals surface area contributed by atoms with E-state index in [0.29, 0.717) is 0 Å². The van der Waals surface area contributed by atoms with Crippen LogP contribution >= 0.6 is 0 Å². The molecule has 1 aromatic carbocycles. The lowest BCUT2D eigenvalue weighted by molar-refractivity contribution is -0.137. The van der Waals surface area contributed by atoms with Crippen LogP contribution in [0.4, 0.5) is 4.39 Å². The van der Waals surface area contributed by atoms with E-state index in [-0.39, 0.29) is 10.4 Å². The van der Waals surface area contributed by atoms with E-state index in [1.165, 1.54) is 6.08 Å². The molecule has 0 spiro atoms. The highest BCUT2D eigenvalue weighted by Gasteiger charge is 2.08. The highest BCUT2D eigenvalue weighted by atomic mass is 19.1.